The number of furan rings is 1. The van der Waals surface area contributed by atoms with Gasteiger partial charge in [-0.25, -0.2) is 9.18 Å². The molecule has 2 aliphatic heterocycles. The summed E-state index contributed by atoms with van der Waals surface area (Å²) in [6, 6.07) is 7.17. The normalized spacial score (nSPS) is 22.2. The van der Waals surface area contributed by atoms with Crippen LogP contribution in [0.3, 0.4) is 0 Å². The van der Waals surface area contributed by atoms with E-state index in [2.05, 4.69) is 5.32 Å². The molecule has 1 aromatic heterocycles. The monoisotopic (exact) mass is 448 g/mol. The lowest BCUT2D eigenvalue weighted by molar-refractivity contribution is -0.140. The van der Waals surface area contributed by atoms with Crippen LogP contribution in [0.25, 0.3) is 0 Å². The lowest BCUT2D eigenvalue weighted by Crippen LogP contribution is -2.51. The first-order valence-corrected chi connectivity index (χ1v) is 10.3. The number of piperazine rings is 1. The highest BCUT2D eigenvalue weighted by Crippen LogP contribution is 2.29. The molecule has 2 saturated heterocycles. The van der Waals surface area contributed by atoms with Gasteiger partial charge in [0.25, 0.3) is 5.91 Å². The van der Waals surface area contributed by atoms with Crippen LogP contribution in [-0.4, -0.2) is 65.3 Å². The predicted molar refractivity (Wildman–Crippen MR) is 110 cm³/mol. The Morgan fingerprint density at radius 3 is 2.58 bits per heavy atom. The highest BCUT2D eigenvalue weighted by Gasteiger charge is 2.51. The number of halogens is 2. The summed E-state index contributed by atoms with van der Waals surface area (Å²) in [5.74, 6) is -0.908. The van der Waals surface area contributed by atoms with E-state index >= 15 is 0 Å². The number of hydrogen-bond donors (Lipinski definition) is 1. The molecule has 164 valence electrons. The largest absolute Gasteiger partial charge is 0.466 e. The van der Waals surface area contributed by atoms with Crippen LogP contribution in [0.1, 0.15) is 18.2 Å². The van der Waals surface area contributed by atoms with E-state index in [0.717, 1.165) is 4.90 Å². The Morgan fingerprint density at radius 2 is 1.94 bits per heavy atom. The highest BCUT2D eigenvalue weighted by molar-refractivity contribution is 6.31. The van der Waals surface area contributed by atoms with E-state index in [1.54, 1.807) is 36.1 Å². The van der Waals surface area contributed by atoms with Crippen molar-refractivity contribution in [3.8, 4) is 0 Å². The van der Waals surface area contributed by atoms with Crippen LogP contribution in [0.2, 0.25) is 5.02 Å². The summed E-state index contributed by atoms with van der Waals surface area (Å²) in [5, 5.41) is 2.97. The quantitative estimate of drug-likeness (QED) is 0.708. The third-order valence-corrected chi connectivity index (χ3v) is 6.10. The summed E-state index contributed by atoms with van der Waals surface area (Å²) in [4.78, 5) is 42.5. The summed E-state index contributed by atoms with van der Waals surface area (Å²) in [7, 11) is 0. The molecule has 4 amide bonds. The molecule has 3 heterocycles. The number of hydrogen-bond acceptors (Lipinski definition) is 5. The van der Waals surface area contributed by atoms with Crippen molar-refractivity contribution in [2.75, 3.05) is 32.7 Å². The molecule has 1 atom stereocenters. The van der Waals surface area contributed by atoms with Crippen molar-refractivity contribution >= 4 is 29.4 Å². The zero-order valence-corrected chi connectivity index (χ0v) is 17.7. The van der Waals surface area contributed by atoms with Crippen molar-refractivity contribution in [3.05, 3.63) is 58.8 Å². The Balaban J connectivity index is 1.34. The third-order valence-electron chi connectivity index (χ3n) is 5.75. The molecular weight excluding hydrogens is 427 g/mol. The lowest BCUT2D eigenvalue weighted by atomic mass is 9.99. The van der Waals surface area contributed by atoms with Crippen molar-refractivity contribution < 1.29 is 23.2 Å². The average Bonchev–Trinajstić information content (AvgIpc) is 3.36. The van der Waals surface area contributed by atoms with Gasteiger partial charge in [-0.3, -0.25) is 19.4 Å². The van der Waals surface area contributed by atoms with E-state index in [1.807, 2.05) is 4.90 Å². The van der Waals surface area contributed by atoms with Crippen molar-refractivity contribution in [2.24, 2.45) is 0 Å². The fourth-order valence-corrected chi connectivity index (χ4v) is 4.09. The number of nitrogens with one attached hydrogen (secondary N) is 1. The molecule has 1 unspecified atom stereocenters. The Morgan fingerprint density at radius 1 is 1.19 bits per heavy atom. The first-order chi connectivity index (χ1) is 14.8. The number of carbonyl (C=O) groups excluding carboxylic acids is 3. The Labute approximate surface area is 183 Å². The lowest BCUT2D eigenvalue weighted by Gasteiger charge is -2.35. The average molecular weight is 449 g/mol. The second kappa shape index (κ2) is 8.32. The van der Waals surface area contributed by atoms with Crippen LogP contribution >= 0.6 is 11.6 Å². The molecule has 0 saturated carbocycles. The van der Waals surface area contributed by atoms with E-state index in [-0.39, 0.29) is 18.3 Å². The van der Waals surface area contributed by atoms with Crippen molar-refractivity contribution in [2.45, 2.75) is 19.0 Å². The van der Waals surface area contributed by atoms with Gasteiger partial charge in [-0.2, -0.15) is 0 Å². The summed E-state index contributed by atoms with van der Waals surface area (Å²) in [5.41, 5.74) is -0.904. The summed E-state index contributed by atoms with van der Waals surface area (Å²) < 4.78 is 19.3. The Hall–Kier alpha value is -2.91. The summed E-state index contributed by atoms with van der Waals surface area (Å²) in [6.07, 6.45) is 1.42. The van der Waals surface area contributed by atoms with Gasteiger partial charge in [0.1, 0.15) is 18.1 Å². The SMILES string of the molecule is CC1(c2ccco2)NC(=O)N(CC(=O)N2CCN(Cc3c(F)cccc3Cl)CC2)C1=O. The Kier molecular flexibility index (Phi) is 5.72. The molecule has 2 aromatic rings. The van der Waals surface area contributed by atoms with Crippen LogP contribution in [0.15, 0.2) is 41.0 Å². The molecule has 2 aliphatic rings. The topological polar surface area (TPSA) is 86.1 Å². The number of nitrogens with zero attached hydrogens (tertiary/aromatic N) is 3. The molecule has 0 bridgehead atoms. The maximum absolute atomic E-state index is 14.0. The number of rotatable bonds is 5. The van der Waals surface area contributed by atoms with Gasteiger partial charge in [0.05, 0.1) is 6.26 Å². The number of imide groups is 1. The van der Waals surface area contributed by atoms with Crippen LogP contribution in [0.5, 0.6) is 0 Å². The van der Waals surface area contributed by atoms with Gasteiger partial charge >= 0.3 is 6.03 Å². The second-order valence-corrected chi connectivity index (χ2v) is 8.19. The van der Waals surface area contributed by atoms with Gasteiger partial charge in [-0.1, -0.05) is 17.7 Å². The Bertz CT molecular complexity index is 987. The van der Waals surface area contributed by atoms with Crippen LogP contribution < -0.4 is 5.32 Å². The number of carbonyl (C=O) groups is 3. The van der Waals surface area contributed by atoms with Crippen LogP contribution in [0, 0.1) is 5.82 Å². The van der Waals surface area contributed by atoms with Gasteiger partial charge in [-0.05, 0) is 31.2 Å². The van der Waals surface area contributed by atoms with E-state index in [1.165, 1.54) is 12.3 Å². The van der Waals surface area contributed by atoms with E-state index in [0.29, 0.717) is 49.1 Å². The van der Waals surface area contributed by atoms with Crippen LogP contribution in [-0.2, 0) is 21.7 Å². The molecule has 0 aliphatic carbocycles. The first kappa shape index (κ1) is 21.3. The fraction of sp³-hybridized carbons (Fsp3) is 0.381. The zero-order chi connectivity index (χ0) is 22.2. The molecule has 1 N–H and O–H groups in total. The van der Waals surface area contributed by atoms with E-state index < -0.39 is 17.5 Å². The minimum absolute atomic E-state index is 0.307. The second-order valence-electron chi connectivity index (χ2n) is 7.78. The smallest absolute Gasteiger partial charge is 0.325 e. The molecule has 1 aromatic carbocycles. The summed E-state index contributed by atoms with van der Waals surface area (Å²) in [6.45, 7) is 3.42. The minimum atomic E-state index is -1.33. The molecule has 10 heteroatoms. The highest BCUT2D eigenvalue weighted by atomic mass is 35.5. The maximum Gasteiger partial charge on any atom is 0.325 e. The number of urea groups is 1. The molecule has 8 nitrogen and oxygen atoms in total. The van der Waals surface area contributed by atoms with E-state index in [4.69, 9.17) is 16.0 Å². The molecule has 0 radical (unpaired) electrons. The predicted octanol–water partition coefficient (Wildman–Crippen LogP) is 2.18. The first-order valence-electron chi connectivity index (χ1n) is 9.90. The fourth-order valence-electron chi connectivity index (χ4n) is 3.87. The standard InChI is InChI=1S/C21H22ClFN4O4/c1-21(17-6-3-11-31-17)19(29)27(20(30)24-21)13-18(28)26-9-7-25(8-10-26)12-14-15(22)4-2-5-16(14)23/h2-6,11H,7-10,12-13H2,1H3,(H,24,30). The zero-order valence-electron chi connectivity index (χ0n) is 16.9. The summed E-state index contributed by atoms with van der Waals surface area (Å²) >= 11 is 6.10. The molecule has 0 spiro atoms. The van der Waals surface area contributed by atoms with Crippen molar-refractivity contribution in [1.29, 1.82) is 0 Å². The van der Waals surface area contributed by atoms with Crippen LogP contribution in [0.4, 0.5) is 9.18 Å². The number of benzene rings is 1. The van der Waals surface area contributed by atoms with Gasteiger partial charge in [-0.15, -0.1) is 0 Å². The molecule has 31 heavy (non-hydrogen) atoms. The van der Waals surface area contributed by atoms with Gasteiger partial charge in [0.2, 0.25) is 5.91 Å². The molecular formula is C21H22ClFN4O4. The third kappa shape index (κ3) is 4.03. The van der Waals surface area contributed by atoms with Gasteiger partial charge < -0.3 is 14.6 Å². The van der Waals surface area contributed by atoms with E-state index in [9.17, 15) is 18.8 Å². The minimum Gasteiger partial charge on any atom is -0.466 e. The molecule has 4 rings (SSSR count). The molecule has 2 fully saturated rings. The van der Waals surface area contributed by atoms with Gasteiger partial charge in [0.15, 0.2) is 5.54 Å². The van der Waals surface area contributed by atoms with Gasteiger partial charge in [0, 0.05) is 43.3 Å². The van der Waals surface area contributed by atoms with Crippen molar-refractivity contribution in [1.82, 2.24) is 20.0 Å². The maximum atomic E-state index is 14.0. The van der Waals surface area contributed by atoms with Crippen molar-refractivity contribution in [3.63, 3.8) is 0 Å². The number of amides is 4.